The molecule has 0 spiro atoms. The first kappa shape index (κ1) is 24.3. The number of rotatable bonds is 5. The van der Waals surface area contributed by atoms with Crippen molar-refractivity contribution in [3.8, 4) is 0 Å². The predicted octanol–water partition coefficient (Wildman–Crippen LogP) is 5.79. The summed E-state index contributed by atoms with van der Waals surface area (Å²) in [6.45, 7) is 1.22. The van der Waals surface area contributed by atoms with Gasteiger partial charge in [0.25, 0.3) is 5.91 Å². The molecule has 0 saturated carbocycles. The summed E-state index contributed by atoms with van der Waals surface area (Å²) in [5.74, 6) is -0.736. The molecule has 3 amide bonds. The first-order chi connectivity index (χ1) is 16.9. The summed E-state index contributed by atoms with van der Waals surface area (Å²) >= 11 is 5.92. The Morgan fingerprint density at radius 1 is 0.971 bits per heavy atom. The van der Waals surface area contributed by atoms with E-state index in [1.165, 1.54) is 7.11 Å². The fourth-order valence-corrected chi connectivity index (χ4v) is 4.30. The van der Waals surface area contributed by atoms with E-state index in [2.05, 4.69) is 10.6 Å². The van der Waals surface area contributed by atoms with Gasteiger partial charge in [0, 0.05) is 35.3 Å². The van der Waals surface area contributed by atoms with Gasteiger partial charge in [-0.3, -0.25) is 4.79 Å². The predicted molar refractivity (Wildman–Crippen MR) is 136 cm³/mol. The molecule has 1 heterocycles. The fourth-order valence-electron chi connectivity index (χ4n) is 4.18. The number of carbonyl (C=O) groups is 3. The van der Waals surface area contributed by atoms with Crippen LogP contribution in [0, 0.1) is 0 Å². The van der Waals surface area contributed by atoms with Gasteiger partial charge in [0.05, 0.1) is 18.4 Å². The summed E-state index contributed by atoms with van der Waals surface area (Å²) in [6.07, 6.45) is 1.78. The molecule has 3 aromatic rings. The van der Waals surface area contributed by atoms with Crippen LogP contribution >= 0.6 is 11.6 Å². The maximum absolute atomic E-state index is 13.0. The number of hydrogen-bond acceptors (Lipinski definition) is 4. The Hall–Kier alpha value is -3.84. The van der Waals surface area contributed by atoms with Gasteiger partial charge in [-0.05, 0) is 66.9 Å². The van der Waals surface area contributed by atoms with Crippen molar-refractivity contribution >= 4 is 40.9 Å². The van der Waals surface area contributed by atoms with E-state index in [1.807, 2.05) is 18.2 Å². The quantitative estimate of drug-likeness (QED) is 0.442. The van der Waals surface area contributed by atoms with Gasteiger partial charge in [-0.1, -0.05) is 35.9 Å². The van der Waals surface area contributed by atoms with Crippen LogP contribution in [0.5, 0.6) is 0 Å². The SMILES string of the molecule is COC(=O)c1ccccc1NC(=O)c1cccc([C@H]2CCCN(C(=O)Nc3ccc(Cl)cc3)C2)c1. The Balaban J connectivity index is 1.44. The number of benzene rings is 3. The van der Waals surface area contributed by atoms with Gasteiger partial charge in [0.15, 0.2) is 0 Å². The van der Waals surface area contributed by atoms with Gasteiger partial charge >= 0.3 is 12.0 Å². The highest BCUT2D eigenvalue weighted by atomic mass is 35.5. The maximum Gasteiger partial charge on any atom is 0.339 e. The topological polar surface area (TPSA) is 87.7 Å². The first-order valence-corrected chi connectivity index (χ1v) is 11.7. The highest BCUT2D eigenvalue weighted by Crippen LogP contribution is 2.28. The number of carbonyl (C=O) groups excluding carboxylic acids is 3. The van der Waals surface area contributed by atoms with Crippen molar-refractivity contribution in [3.63, 3.8) is 0 Å². The van der Waals surface area contributed by atoms with Crippen LogP contribution in [-0.2, 0) is 4.74 Å². The largest absolute Gasteiger partial charge is 0.465 e. The number of nitrogens with zero attached hydrogens (tertiary/aromatic N) is 1. The van der Waals surface area contributed by atoms with Crippen molar-refractivity contribution in [2.45, 2.75) is 18.8 Å². The normalized spacial score (nSPS) is 15.3. The molecule has 0 aliphatic carbocycles. The molecule has 8 heteroatoms. The molecule has 3 aromatic carbocycles. The summed E-state index contributed by atoms with van der Waals surface area (Å²) in [5.41, 5.74) is 2.83. The number of para-hydroxylation sites is 1. The van der Waals surface area contributed by atoms with Crippen LogP contribution in [0.3, 0.4) is 0 Å². The number of halogens is 1. The molecule has 1 atom stereocenters. The number of anilines is 2. The average molecular weight is 492 g/mol. The van der Waals surface area contributed by atoms with E-state index in [-0.39, 0.29) is 23.4 Å². The van der Waals surface area contributed by atoms with Crippen LogP contribution in [-0.4, -0.2) is 43.0 Å². The Labute approximate surface area is 209 Å². The van der Waals surface area contributed by atoms with Crippen LogP contribution in [0.15, 0.2) is 72.8 Å². The molecule has 1 fully saturated rings. The minimum atomic E-state index is -0.520. The van der Waals surface area contributed by atoms with E-state index in [0.717, 1.165) is 18.4 Å². The van der Waals surface area contributed by atoms with Crippen molar-refractivity contribution in [1.29, 1.82) is 0 Å². The lowest BCUT2D eigenvalue weighted by Crippen LogP contribution is -2.41. The summed E-state index contributed by atoms with van der Waals surface area (Å²) in [4.78, 5) is 39.6. The number of methoxy groups -OCH3 is 1. The van der Waals surface area contributed by atoms with E-state index >= 15 is 0 Å². The Morgan fingerprint density at radius 3 is 2.51 bits per heavy atom. The standard InChI is InChI=1S/C27H26ClN3O4/c1-35-26(33)23-9-2-3-10-24(23)30-25(32)19-7-4-6-18(16-19)20-8-5-15-31(17-20)27(34)29-22-13-11-21(28)12-14-22/h2-4,6-7,9-14,16,20H,5,8,15,17H2,1H3,(H,29,34)(H,30,32)/t20-/m0/s1. The molecule has 4 rings (SSSR count). The zero-order chi connectivity index (χ0) is 24.8. The number of urea groups is 1. The average Bonchev–Trinajstić information content (AvgIpc) is 2.90. The van der Waals surface area contributed by atoms with Crippen LogP contribution in [0.25, 0.3) is 0 Å². The molecule has 0 radical (unpaired) electrons. The maximum atomic E-state index is 13.0. The third-order valence-corrected chi connectivity index (χ3v) is 6.26. The molecule has 2 N–H and O–H groups in total. The van der Waals surface area contributed by atoms with E-state index in [4.69, 9.17) is 16.3 Å². The Morgan fingerprint density at radius 2 is 1.74 bits per heavy atom. The number of piperidine rings is 1. The third kappa shape index (κ3) is 6.00. The first-order valence-electron chi connectivity index (χ1n) is 11.3. The highest BCUT2D eigenvalue weighted by Gasteiger charge is 2.25. The van der Waals surface area contributed by atoms with Gasteiger partial charge in [-0.2, -0.15) is 0 Å². The molecule has 0 bridgehead atoms. The third-order valence-electron chi connectivity index (χ3n) is 6.00. The molecular formula is C27H26ClN3O4. The zero-order valence-electron chi connectivity index (χ0n) is 19.3. The summed E-state index contributed by atoms with van der Waals surface area (Å²) in [6, 6.07) is 20.9. The minimum Gasteiger partial charge on any atom is -0.465 e. The van der Waals surface area contributed by atoms with Gasteiger partial charge in [0.2, 0.25) is 0 Å². The summed E-state index contributed by atoms with van der Waals surface area (Å²) in [5, 5.41) is 6.33. The molecule has 7 nitrogen and oxygen atoms in total. The van der Waals surface area contributed by atoms with E-state index in [0.29, 0.717) is 35.1 Å². The van der Waals surface area contributed by atoms with Crippen molar-refractivity contribution < 1.29 is 19.1 Å². The Kier molecular flexibility index (Phi) is 7.67. The van der Waals surface area contributed by atoms with Crippen LogP contribution < -0.4 is 10.6 Å². The zero-order valence-corrected chi connectivity index (χ0v) is 20.0. The molecule has 1 aliphatic heterocycles. The van der Waals surface area contributed by atoms with Gasteiger partial charge < -0.3 is 20.3 Å². The van der Waals surface area contributed by atoms with Crippen molar-refractivity contribution in [2.75, 3.05) is 30.8 Å². The van der Waals surface area contributed by atoms with Crippen molar-refractivity contribution in [1.82, 2.24) is 4.90 Å². The van der Waals surface area contributed by atoms with Crippen LogP contribution in [0.4, 0.5) is 16.2 Å². The van der Waals surface area contributed by atoms with Crippen LogP contribution in [0.2, 0.25) is 5.02 Å². The molecule has 0 unspecified atom stereocenters. The van der Waals surface area contributed by atoms with Crippen molar-refractivity contribution in [3.05, 3.63) is 94.5 Å². The smallest absolute Gasteiger partial charge is 0.339 e. The summed E-state index contributed by atoms with van der Waals surface area (Å²) < 4.78 is 4.80. The minimum absolute atomic E-state index is 0.106. The number of esters is 1. The lowest BCUT2D eigenvalue weighted by atomic mass is 9.89. The Bertz CT molecular complexity index is 1230. The number of amides is 3. The highest BCUT2D eigenvalue weighted by molar-refractivity contribution is 6.30. The van der Waals surface area contributed by atoms with E-state index in [1.54, 1.807) is 59.5 Å². The van der Waals surface area contributed by atoms with Crippen LogP contribution in [0.1, 0.15) is 45.0 Å². The molecule has 1 aliphatic rings. The summed E-state index contributed by atoms with van der Waals surface area (Å²) in [7, 11) is 1.30. The molecule has 35 heavy (non-hydrogen) atoms. The van der Waals surface area contributed by atoms with Gasteiger partial charge in [0.1, 0.15) is 0 Å². The number of likely N-dealkylation sites (tertiary alicyclic amines) is 1. The second-order valence-electron chi connectivity index (χ2n) is 8.34. The second-order valence-corrected chi connectivity index (χ2v) is 8.78. The second kappa shape index (κ2) is 11.1. The molecular weight excluding hydrogens is 466 g/mol. The fraction of sp³-hybridized carbons (Fsp3) is 0.222. The molecule has 1 saturated heterocycles. The van der Waals surface area contributed by atoms with Gasteiger partial charge in [-0.25, -0.2) is 9.59 Å². The molecule has 180 valence electrons. The lowest BCUT2D eigenvalue weighted by molar-refractivity contribution is 0.0602. The van der Waals surface area contributed by atoms with Crippen molar-refractivity contribution in [2.24, 2.45) is 0 Å². The molecule has 0 aromatic heterocycles. The van der Waals surface area contributed by atoms with E-state index < -0.39 is 5.97 Å². The monoisotopic (exact) mass is 491 g/mol. The number of ether oxygens (including phenoxy) is 1. The van der Waals surface area contributed by atoms with E-state index in [9.17, 15) is 14.4 Å². The number of nitrogens with one attached hydrogen (secondary N) is 2. The van der Waals surface area contributed by atoms with Gasteiger partial charge in [-0.15, -0.1) is 0 Å². The number of hydrogen-bond donors (Lipinski definition) is 2. The lowest BCUT2D eigenvalue weighted by Gasteiger charge is -2.33.